The smallest absolute Gasteiger partial charge is 0.125 e. The average molecular weight is 297 g/mol. The van der Waals surface area contributed by atoms with Crippen LogP contribution in [0.2, 0.25) is 0 Å². The molecule has 0 spiro atoms. The number of hydrogen-bond acceptors (Lipinski definition) is 4. The number of fused-ring (bicyclic) bond motifs is 1. The minimum atomic E-state index is 0.137. The highest BCUT2D eigenvalue weighted by Gasteiger charge is 2.09. The van der Waals surface area contributed by atoms with Crippen molar-refractivity contribution in [2.45, 2.75) is 19.9 Å². The lowest BCUT2D eigenvalue weighted by Gasteiger charge is -2.12. The first kappa shape index (κ1) is 14.5. The molecule has 1 N–H and O–H groups in total. The predicted octanol–water partition coefficient (Wildman–Crippen LogP) is 2.55. The Morgan fingerprint density at radius 3 is 2.91 bits per heavy atom. The van der Waals surface area contributed by atoms with E-state index in [9.17, 15) is 0 Å². The van der Waals surface area contributed by atoms with E-state index in [4.69, 9.17) is 9.84 Å². The van der Waals surface area contributed by atoms with E-state index in [1.807, 2.05) is 37.5 Å². The standard InChI is InChI=1S/C17H19N3O2/c1-13-15(18-8-7-17(13)22-10-4-9-21)11-20-12-19-14-5-2-3-6-16(14)20/h2-3,5-8,12,21H,4,9-11H2,1H3. The topological polar surface area (TPSA) is 60.2 Å². The number of hydrogen-bond donors (Lipinski definition) is 1. The molecule has 3 aromatic rings. The van der Waals surface area contributed by atoms with Gasteiger partial charge in [-0.15, -0.1) is 0 Å². The highest BCUT2D eigenvalue weighted by atomic mass is 16.5. The summed E-state index contributed by atoms with van der Waals surface area (Å²) in [6.07, 6.45) is 4.23. The first-order chi connectivity index (χ1) is 10.8. The molecule has 2 heterocycles. The lowest BCUT2D eigenvalue weighted by Crippen LogP contribution is -2.06. The summed E-state index contributed by atoms with van der Waals surface area (Å²) in [7, 11) is 0. The number of benzene rings is 1. The highest BCUT2D eigenvalue weighted by molar-refractivity contribution is 5.75. The van der Waals surface area contributed by atoms with E-state index in [-0.39, 0.29) is 6.61 Å². The Balaban J connectivity index is 1.84. The molecule has 0 amide bonds. The maximum Gasteiger partial charge on any atom is 0.125 e. The van der Waals surface area contributed by atoms with Crippen molar-refractivity contribution in [2.24, 2.45) is 0 Å². The monoisotopic (exact) mass is 297 g/mol. The minimum Gasteiger partial charge on any atom is -0.493 e. The quantitative estimate of drug-likeness (QED) is 0.710. The Hall–Kier alpha value is -2.40. The van der Waals surface area contributed by atoms with Crippen molar-refractivity contribution in [3.05, 3.63) is 54.1 Å². The third kappa shape index (κ3) is 2.94. The number of pyridine rings is 1. The number of ether oxygens (including phenoxy) is 1. The third-order valence-corrected chi connectivity index (χ3v) is 3.67. The number of rotatable bonds is 6. The number of aliphatic hydroxyl groups is 1. The van der Waals surface area contributed by atoms with E-state index < -0.39 is 0 Å². The fraction of sp³-hybridized carbons (Fsp3) is 0.294. The molecule has 2 aromatic heterocycles. The van der Waals surface area contributed by atoms with Crippen LogP contribution in [0.5, 0.6) is 5.75 Å². The van der Waals surface area contributed by atoms with E-state index in [1.54, 1.807) is 6.20 Å². The van der Waals surface area contributed by atoms with Crippen LogP contribution in [-0.2, 0) is 6.54 Å². The van der Waals surface area contributed by atoms with E-state index >= 15 is 0 Å². The zero-order valence-electron chi connectivity index (χ0n) is 12.6. The number of imidazole rings is 1. The van der Waals surface area contributed by atoms with Gasteiger partial charge < -0.3 is 14.4 Å². The number of aromatic nitrogens is 3. The molecule has 5 heteroatoms. The molecule has 0 fully saturated rings. The van der Waals surface area contributed by atoms with Crippen LogP contribution in [0, 0.1) is 6.92 Å². The van der Waals surface area contributed by atoms with Gasteiger partial charge in [0.2, 0.25) is 0 Å². The normalized spacial score (nSPS) is 11.0. The largest absolute Gasteiger partial charge is 0.493 e. The number of aliphatic hydroxyl groups excluding tert-OH is 1. The van der Waals surface area contributed by atoms with Gasteiger partial charge in [0.15, 0.2) is 0 Å². The minimum absolute atomic E-state index is 0.137. The molecule has 0 aliphatic heterocycles. The van der Waals surface area contributed by atoms with Crippen molar-refractivity contribution in [2.75, 3.05) is 13.2 Å². The summed E-state index contributed by atoms with van der Waals surface area (Å²) in [5.41, 5.74) is 4.06. The number of para-hydroxylation sites is 2. The molecular weight excluding hydrogens is 278 g/mol. The van der Waals surface area contributed by atoms with E-state index in [0.29, 0.717) is 19.6 Å². The molecule has 0 unspecified atom stereocenters. The van der Waals surface area contributed by atoms with Gasteiger partial charge in [-0.25, -0.2) is 4.98 Å². The van der Waals surface area contributed by atoms with Crippen LogP contribution in [0.3, 0.4) is 0 Å². The van der Waals surface area contributed by atoms with Gasteiger partial charge in [-0.1, -0.05) is 12.1 Å². The molecule has 0 bridgehead atoms. The van der Waals surface area contributed by atoms with E-state index in [1.165, 1.54) is 0 Å². The first-order valence-electron chi connectivity index (χ1n) is 7.37. The highest BCUT2D eigenvalue weighted by Crippen LogP contribution is 2.21. The van der Waals surface area contributed by atoms with Crippen LogP contribution >= 0.6 is 0 Å². The van der Waals surface area contributed by atoms with Crippen molar-refractivity contribution < 1.29 is 9.84 Å². The molecular formula is C17H19N3O2. The summed E-state index contributed by atoms with van der Waals surface area (Å²) in [6, 6.07) is 9.91. The summed E-state index contributed by atoms with van der Waals surface area (Å²) in [4.78, 5) is 8.87. The van der Waals surface area contributed by atoms with Crippen LogP contribution in [-0.4, -0.2) is 32.9 Å². The molecule has 0 atom stereocenters. The maximum atomic E-state index is 8.84. The fourth-order valence-electron chi connectivity index (χ4n) is 2.42. The van der Waals surface area contributed by atoms with Crippen molar-refractivity contribution in [3.63, 3.8) is 0 Å². The molecule has 0 saturated heterocycles. The molecule has 0 aliphatic rings. The Bertz CT molecular complexity index is 767. The van der Waals surface area contributed by atoms with Gasteiger partial charge in [0.05, 0.1) is 36.2 Å². The Morgan fingerprint density at radius 2 is 2.05 bits per heavy atom. The average Bonchev–Trinajstić information content (AvgIpc) is 2.94. The summed E-state index contributed by atoms with van der Waals surface area (Å²) in [6.45, 7) is 3.31. The van der Waals surface area contributed by atoms with Crippen molar-refractivity contribution in [1.29, 1.82) is 0 Å². The van der Waals surface area contributed by atoms with Crippen LogP contribution < -0.4 is 4.74 Å². The molecule has 22 heavy (non-hydrogen) atoms. The Morgan fingerprint density at radius 1 is 1.18 bits per heavy atom. The van der Waals surface area contributed by atoms with Crippen molar-refractivity contribution >= 4 is 11.0 Å². The number of nitrogens with zero attached hydrogens (tertiary/aromatic N) is 3. The predicted molar refractivity (Wildman–Crippen MR) is 85.0 cm³/mol. The van der Waals surface area contributed by atoms with E-state index in [0.717, 1.165) is 28.0 Å². The second-order valence-corrected chi connectivity index (χ2v) is 5.17. The fourth-order valence-corrected chi connectivity index (χ4v) is 2.42. The molecule has 3 rings (SSSR count). The van der Waals surface area contributed by atoms with Gasteiger partial charge in [-0.2, -0.15) is 0 Å². The lowest BCUT2D eigenvalue weighted by atomic mass is 10.2. The zero-order valence-corrected chi connectivity index (χ0v) is 12.6. The van der Waals surface area contributed by atoms with Crippen molar-refractivity contribution in [3.8, 4) is 5.75 Å². The molecule has 1 aromatic carbocycles. The van der Waals surface area contributed by atoms with Crippen LogP contribution in [0.1, 0.15) is 17.7 Å². The third-order valence-electron chi connectivity index (χ3n) is 3.67. The van der Waals surface area contributed by atoms with Gasteiger partial charge >= 0.3 is 0 Å². The summed E-state index contributed by atoms with van der Waals surface area (Å²) in [5.74, 6) is 0.822. The maximum absolute atomic E-state index is 8.84. The second-order valence-electron chi connectivity index (χ2n) is 5.17. The zero-order chi connectivity index (χ0) is 15.4. The molecule has 0 radical (unpaired) electrons. The van der Waals surface area contributed by atoms with Crippen LogP contribution in [0.4, 0.5) is 0 Å². The van der Waals surface area contributed by atoms with Gasteiger partial charge in [-0.3, -0.25) is 4.98 Å². The molecule has 0 saturated carbocycles. The second kappa shape index (κ2) is 6.58. The Labute approximate surface area is 129 Å². The lowest BCUT2D eigenvalue weighted by molar-refractivity contribution is 0.232. The van der Waals surface area contributed by atoms with Gasteiger partial charge in [0.1, 0.15) is 5.75 Å². The first-order valence-corrected chi connectivity index (χ1v) is 7.37. The summed E-state index contributed by atoms with van der Waals surface area (Å²) in [5, 5.41) is 8.84. The van der Waals surface area contributed by atoms with Gasteiger partial charge in [0.25, 0.3) is 0 Å². The SMILES string of the molecule is Cc1c(OCCCO)ccnc1Cn1cnc2ccccc21. The van der Waals surface area contributed by atoms with Gasteiger partial charge in [0, 0.05) is 24.8 Å². The molecule has 114 valence electrons. The molecule has 5 nitrogen and oxygen atoms in total. The van der Waals surface area contributed by atoms with Gasteiger partial charge in [-0.05, 0) is 25.1 Å². The van der Waals surface area contributed by atoms with Crippen LogP contribution in [0.15, 0.2) is 42.9 Å². The summed E-state index contributed by atoms with van der Waals surface area (Å²) >= 11 is 0. The van der Waals surface area contributed by atoms with Crippen molar-refractivity contribution in [1.82, 2.24) is 14.5 Å². The van der Waals surface area contributed by atoms with Crippen LogP contribution in [0.25, 0.3) is 11.0 Å². The van der Waals surface area contributed by atoms with E-state index in [2.05, 4.69) is 20.6 Å². The Kier molecular flexibility index (Phi) is 4.34. The molecule has 0 aliphatic carbocycles. The summed E-state index contributed by atoms with van der Waals surface area (Å²) < 4.78 is 7.79.